The molecule has 0 N–H and O–H groups in total. The number of hydrogen-bond acceptors (Lipinski definition) is 2. The lowest BCUT2D eigenvalue weighted by Crippen LogP contribution is -2.61. The summed E-state index contributed by atoms with van der Waals surface area (Å²) in [5.41, 5.74) is 3.49. The van der Waals surface area contributed by atoms with E-state index in [1.165, 1.54) is 49.7 Å². The zero-order valence-corrected chi connectivity index (χ0v) is 22.3. The van der Waals surface area contributed by atoms with Crippen molar-refractivity contribution in [1.29, 1.82) is 0 Å². The maximum atomic E-state index is 12.4. The number of likely N-dealkylation sites (tertiary alicyclic amines) is 1. The molecule has 3 heteroatoms. The summed E-state index contributed by atoms with van der Waals surface area (Å²) in [5.74, 6) is 4.25. The van der Waals surface area contributed by atoms with Gasteiger partial charge in [0.15, 0.2) is 0 Å². The van der Waals surface area contributed by atoms with Gasteiger partial charge in [0.1, 0.15) is 0 Å². The molecule has 0 aromatic heterocycles. The monoisotopic (exact) mass is 465 g/mol. The van der Waals surface area contributed by atoms with Gasteiger partial charge in [0.05, 0.1) is 13.2 Å². The first kappa shape index (κ1) is 24.3. The lowest BCUT2D eigenvalue weighted by molar-refractivity contribution is -0.159. The molecular formula is C31H47NO2. The second kappa shape index (κ2) is 9.26. The Hall–Kier alpha value is -1.35. The summed E-state index contributed by atoms with van der Waals surface area (Å²) in [6.45, 7) is 11.3. The van der Waals surface area contributed by atoms with Crippen LogP contribution in [-0.4, -0.2) is 30.5 Å². The van der Waals surface area contributed by atoms with Gasteiger partial charge in [-0.25, -0.2) is 0 Å². The van der Waals surface area contributed by atoms with Crippen LogP contribution in [0.4, 0.5) is 0 Å². The molecule has 1 heterocycles. The van der Waals surface area contributed by atoms with E-state index >= 15 is 0 Å². The summed E-state index contributed by atoms with van der Waals surface area (Å²) in [6.07, 6.45) is 10.9. The van der Waals surface area contributed by atoms with Crippen molar-refractivity contribution >= 4 is 5.91 Å². The molecule has 0 bridgehead atoms. The summed E-state index contributed by atoms with van der Waals surface area (Å²) in [6, 6.07) is 9.53. The largest absolute Gasteiger partial charge is 0.376 e. The fourth-order valence-corrected chi connectivity index (χ4v) is 9.10. The van der Waals surface area contributed by atoms with Crippen molar-refractivity contribution in [2.75, 3.05) is 13.7 Å². The van der Waals surface area contributed by atoms with Crippen LogP contribution in [-0.2, 0) is 22.6 Å². The van der Waals surface area contributed by atoms with Gasteiger partial charge in [-0.1, -0.05) is 52.0 Å². The summed E-state index contributed by atoms with van der Waals surface area (Å²) in [7, 11) is 2.07. The highest BCUT2D eigenvalue weighted by Gasteiger charge is 2.61. The lowest BCUT2D eigenvalue weighted by Gasteiger charge is -2.61. The van der Waals surface area contributed by atoms with Gasteiger partial charge in [-0.2, -0.15) is 0 Å². The molecule has 3 saturated carbocycles. The smallest absolute Gasteiger partial charge is 0.222 e. The SMILES string of the molecule is CC(C)Cc1ccc(COCC2CC[C@H]3[C@@H]4CC[C@H]5N(C)C(=O)CC[C@]5(C)[C@H]4CC[C@]23C)cc1. The zero-order valence-electron chi connectivity index (χ0n) is 22.3. The van der Waals surface area contributed by atoms with Gasteiger partial charge in [0, 0.05) is 19.5 Å². The van der Waals surface area contributed by atoms with Crippen molar-refractivity contribution in [3.05, 3.63) is 35.4 Å². The quantitative estimate of drug-likeness (QED) is 0.458. The summed E-state index contributed by atoms with van der Waals surface area (Å²) in [4.78, 5) is 14.5. The second-order valence-corrected chi connectivity index (χ2v) is 13.2. The van der Waals surface area contributed by atoms with E-state index in [1.807, 2.05) is 0 Å². The number of hydrogen-bond donors (Lipinski definition) is 0. The van der Waals surface area contributed by atoms with Gasteiger partial charge < -0.3 is 9.64 Å². The van der Waals surface area contributed by atoms with Crippen molar-refractivity contribution < 1.29 is 9.53 Å². The third kappa shape index (κ3) is 4.14. The van der Waals surface area contributed by atoms with Crippen LogP contribution in [0.15, 0.2) is 24.3 Å². The molecule has 4 aliphatic rings. The Morgan fingerprint density at radius 3 is 2.38 bits per heavy atom. The van der Waals surface area contributed by atoms with E-state index in [0.29, 0.717) is 34.6 Å². The molecule has 188 valence electrons. The summed E-state index contributed by atoms with van der Waals surface area (Å²) >= 11 is 0. The Labute approximate surface area is 208 Å². The number of amides is 1. The van der Waals surface area contributed by atoms with E-state index in [-0.39, 0.29) is 0 Å². The third-order valence-electron chi connectivity index (χ3n) is 11.0. The van der Waals surface area contributed by atoms with Crippen LogP contribution >= 0.6 is 0 Å². The molecule has 1 saturated heterocycles. The number of carbonyl (C=O) groups is 1. The maximum absolute atomic E-state index is 12.4. The maximum Gasteiger partial charge on any atom is 0.222 e. The number of piperidine rings is 1. The predicted molar refractivity (Wildman–Crippen MR) is 138 cm³/mol. The molecule has 5 rings (SSSR count). The predicted octanol–water partition coefficient (Wildman–Crippen LogP) is 6.88. The van der Waals surface area contributed by atoms with Crippen molar-refractivity contribution in [2.24, 2.45) is 40.4 Å². The van der Waals surface area contributed by atoms with Crippen molar-refractivity contribution in [3.8, 4) is 0 Å². The van der Waals surface area contributed by atoms with Gasteiger partial charge in [-0.05, 0) is 103 Å². The Morgan fingerprint density at radius 2 is 1.65 bits per heavy atom. The first-order chi connectivity index (χ1) is 16.2. The molecule has 0 radical (unpaired) electrons. The molecule has 1 unspecified atom stereocenters. The Kier molecular flexibility index (Phi) is 6.63. The molecule has 3 nitrogen and oxygen atoms in total. The third-order valence-corrected chi connectivity index (χ3v) is 11.0. The average Bonchev–Trinajstić information content (AvgIpc) is 3.14. The van der Waals surface area contributed by atoms with E-state index < -0.39 is 0 Å². The van der Waals surface area contributed by atoms with Crippen LogP contribution < -0.4 is 0 Å². The molecule has 34 heavy (non-hydrogen) atoms. The minimum atomic E-state index is 0.323. The fourth-order valence-electron chi connectivity index (χ4n) is 9.10. The second-order valence-electron chi connectivity index (χ2n) is 13.2. The minimum Gasteiger partial charge on any atom is -0.376 e. The number of nitrogens with zero attached hydrogens (tertiary/aromatic N) is 1. The van der Waals surface area contributed by atoms with E-state index in [4.69, 9.17) is 4.74 Å². The average molecular weight is 466 g/mol. The van der Waals surface area contributed by atoms with Gasteiger partial charge in [-0.3, -0.25) is 4.79 Å². The molecule has 1 aromatic carbocycles. The van der Waals surface area contributed by atoms with Crippen LogP contribution in [0.3, 0.4) is 0 Å². The minimum absolute atomic E-state index is 0.323. The van der Waals surface area contributed by atoms with Gasteiger partial charge in [0.2, 0.25) is 5.91 Å². The molecule has 1 aromatic rings. The van der Waals surface area contributed by atoms with E-state index in [1.54, 1.807) is 0 Å². The molecule has 1 aliphatic heterocycles. The number of ether oxygens (including phenoxy) is 1. The Morgan fingerprint density at radius 1 is 0.941 bits per heavy atom. The van der Waals surface area contributed by atoms with E-state index in [2.05, 4.69) is 63.9 Å². The normalized spacial score (nSPS) is 39.6. The number of carbonyl (C=O) groups excluding carboxylic acids is 1. The van der Waals surface area contributed by atoms with Crippen LogP contribution in [0.1, 0.15) is 90.2 Å². The summed E-state index contributed by atoms with van der Waals surface area (Å²) in [5, 5.41) is 0. The zero-order chi connectivity index (χ0) is 24.1. The van der Waals surface area contributed by atoms with Crippen LogP contribution in [0.25, 0.3) is 0 Å². The standard InChI is InChI=1S/C31H47NO2/c1-21(2)18-22-6-8-23(9-7-22)19-34-20-24-10-12-26-25-11-13-28-31(4,17-15-29(33)32(28)5)27(25)14-16-30(24,26)3/h6-9,21,24-28H,10-20H2,1-5H3/t24?,25-,26-,27-,28+,30+,31+/m0/s1. The lowest BCUT2D eigenvalue weighted by atomic mass is 9.47. The number of benzene rings is 1. The summed E-state index contributed by atoms with van der Waals surface area (Å²) < 4.78 is 6.36. The Balaban J connectivity index is 1.20. The molecule has 7 atom stereocenters. The van der Waals surface area contributed by atoms with Crippen molar-refractivity contribution in [3.63, 3.8) is 0 Å². The van der Waals surface area contributed by atoms with Crippen LogP contribution in [0.5, 0.6) is 0 Å². The highest BCUT2D eigenvalue weighted by Crippen LogP contribution is 2.66. The fraction of sp³-hybridized carbons (Fsp3) is 0.774. The topological polar surface area (TPSA) is 29.5 Å². The van der Waals surface area contributed by atoms with Gasteiger partial charge >= 0.3 is 0 Å². The van der Waals surface area contributed by atoms with Gasteiger partial charge in [0.25, 0.3) is 0 Å². The first-order valence-corrected chi connectivity index (χ1v) is 14.1. The molecule has 1 amide bonds. The van der Waals surface area contributed by atoms with Crippen molar-refractivity contribution in [1.82, 2.24) is 4.90 Å². The highest BCUT2D eigenvalue weighted by molar-refractivity contribution is 5.77. The molecule has 4 fully saturated rings. The van der Waals surface area contributed by atoms with E-state index in [0.717, 1.165) is 50.2 Å². The molecule has 0 spiro atoms. The van der Waals surface area contributed by atoms with E-state index in [9.17, 15) is 4.79 Å². The Bertz CT molecular complexity index is 878. The number of fused-ring (bicyclic) bond motifs is 5. The van der Waals surface area contributed by atoms with Crippen LogP contribution in [0.2, 0.25) is 0 Å². The molecule has 3 aliphatic carbocycles. The van der Waals surface area contributed by atoms with Crippen LogP contribution in [0, 0.1) is 40.4 Å². The van der Waals surface area contributed by atoms with Gasteiger partial charge in [-0.15, -0.1) is 0 Å². The molecular weight excluding hydrogens is 418 g/mol. The number of rotatable bonds is 6. The van der Waals surface area contributed by atoms with Crippen molar-refractivity contribution in [2.45, 2.75) is 98.1 Å². The first-order valence-electron chi connectivity index (χ1n) is 14.1. The highest BCUT2D eigenvalue weighted by atomic mass is 16.5.